The number of hydrogen-bond donors (Lipinski definition) is 2. The average molecular weight is 547 g/mol. The van der Waals surface area contributed by atoms with E-state index in [0.717, 1.165) is 30.4 Å². The van der Waals surface area contributed by atoms with Gasteiger partial charge in [0.15, 0.2) is 11.6 Å². The monoisotopic (exact) mass is 546 g/mol. The lowest BCUT2D eigenvalue weighted by Crippen LogP contribution is -2.18. The molecule has 0 saturated carbocycles. The lowest BCUT2D eigenvalue weighted by atomic mass is 9.96. The molecule has 0 aromatic heterocycles. The quantitative estimate of drug-likeness (QED) is 0.133. The van der Waals surface area contributed by atoms with Gasteiger partial charge in [-0.2, -0.15) is 0 Å². The molecule has 0 amide bonds. The molecule has 0 aliphatic rings. The van der Waals surface area contributed by atoms with Gasteiger partial charge in [0.1, 0.15) is 12.9 Å². The zero-order valence-corrected chi connectivity index (χ0v) is 22.9. The van der Waals surface area contributed by atoms with Crippen LogP contribution < -0.4 is 0 Å². The SMILES string of the molecule is C=C(C=O)CO.C=C(CO)C(=O)OCC(COC)c1ccc(CCc2ccc(CCCCC)c(F)c2F)cc1. The molecule has 2 N–H and O–H groups in total. The molecular weight excluding hydrogens is 506 g/mol. The maximum Gasteiger partial charge on any atom is 0.335 e. The molecule has 1 unspecified atom stereocenters. The second kappa shape index (κ2) is 19.0. The number of carbonyl (C=O) groups is 2. The number of methoxy groups -OCH3 is 1. The van der Waals surface area contributed by atoms with Crippen LogP contribution >= 0.6 is 0 Å². The summed E-state index contributed by atoms with van der Waals surface area (Å²) in [6.07, 6.45) is 4.97. The third-order valence-electron chi connectivity index (χ3n) is 6.06. The van der Waals surface area contributed by atoms with Crippen LogP contribution in [-0.4, -0.2) is 56.0 Å². The van der Waals surface area contributed by atoms with Gasteiger partial charge in [-0.3, -0.25) is 4.79 Å². The first-order chi connectivity index (χ1) is 18.7. The number of aldehydes is 1. The number of aryl methyl sites for hydroxylation is 3. The van der Waals surface area contributed by atoms with Crippen molar-refractivity contribution in [1.82, 2.24) is 0 Å². The number of aliphatic hydroxyl groups is 2. The molecule has 2 aromatic carbocycles. The van der Waals surface area contributed by atoms with Gasteiger partial charge < -0.3 is 19.7 Å². The zero-order valence-electron chi connectivity index (χ0n) is 22.9. The van der Waals surface area contributed by atoms with E-state index in [4.69, 9.17) is 19.7 Å². The fraction of sp³-hybridized carbons (Fsp3) is 0.419. The summed E-state index contributed by atoms with van der Waals surface area (Å²) in [6.45, 7) is 8.48. The van der Waals surface area contributed by atoms with Crippen molar-refractivity contribution in [3.8, 4) is 0 Å². The molecule has 2 aromatic rings. The molecule has 39 heavy (non-hydrogen) atoms. The van der Waals surface area contributed by atoms with E-state index in [1.165, 1.54) is 0 Å². The number of halogens is 2. The van der Waals surface area contributed by atoms with Crippen molar-refractivity contribution < 1.29 is 38.1 Å². The summed E-state index contributed by atoms with van der Waals surface area (Å²) >= 11 is 0. The molecule has 8 heteroatoms. The summed E-state index contributed by atoms with van der Waals surface area (Å²) in [4.78, 5) is 21.2. The van der Waals surface area contributed by atoms with Crippen LogP contribution in [-0.2, 0) is 38.3 Å². The van der Waals surface area contributed by atoms with Crippen molar-refractivity contribution in [2.75, 3.05) is 33.5 Å². The van der Waals surface area contributed by atoms with E-state index in [9.17, 15) is 18.4 Å². The minimum atomic E-state index is -0.743. The van der Waals surface area contributed by atoms with Gasteiger partial charge in [-0.25, -0.2) is 13.6 Å². The number of aliphatic hydroxyl groups excluding tert-OH is 2. The van der Waals surface area contributed by atoms with Crippen molar-refractivity contribution in [1.29, 1.82) is 0 Å². The van der Waals surface area contributed by atoms with E-state index < -0.39 is 24.2 Å². The second-order valence-corrected chi connectivity index (χ2v) is 9.16. The van der Waals surface area contributed by atoms with Crippen LogP contribution in [0.25, 0.3) is 0 Å². The Morgan fingerprint density at radius 2 is 1.54 bits per heavy atom. The molecule has 0 radical (unpaired) electrons. The molecule has 0 aliphatic carbocycles. The van der Waals surface area contributed by atoms with Gasteiger partial charge in [-0.1, -0.05) is 69.3 Å². The van der Waals surface area contributed by atoms with E-state index >= 15 is 0 Å². The maximum atomic E-state index is 14.5. The summed E-state index contributed by atoms with van der Waals surface area (Å²) in [5.41, 5.74) is 2.96. The van der Waals surface area contributed by atoms with Crippen LogP contribution in [0.3, 0.4) is 0 Å². The summed E-state index contributed by atoms with van der Waals surface area (Å²) in [5.74, 6) is -2.28. The number of esters is 1. The van der Waals surface area contributed by atoms with E-state index in [1.54, 1.807) is 19.2 Å². The second-order valence-electron chi connectivity index (χ2n) is 9.16. The van der Waals surface area contributed by atoms with Gasteiger partial charge in [-0.05, 0) is 47.9 Å². The van der Waals surface area contributed by atoms with Gasteiger partial charge in [0.25, 0.3) is 0 Å². The molecule has 0 saturated heterocycles. The molecule has 2 rings (SSSR count). The van der Waals surface area contributed by atoms with Crippen LogP contribution in [0.1, 0.15) is 54.4 Å². The van der Waals surface area contributed by atoms with Crippen LogP contribution in [0.4, 0.5) is 8.78 Å². The molecule has 0 heterocycles. The molecule has 0 fully saturated rings. The Bertz CT molecular complexity index is 1070. The predicted octanol–water partition coefficient (Wildman–Crippen LogP) is 5.04. The largest absolute Gasteiger partial charge is 0.462 e. The molecule has 0 aliphatic heterocycles. The van der Waals surface area contributed by atoms with Gasteiger partial charge in [0.05, 0.1) is 25.4 Å². The number of hydrogen-bond acceptors (Lipinski definition) is 6. The van der Waals surface area contributed by atoms with Gasteiger partial charge in [0.2, 0.25) is 0 Å². The molecule has 0 bridgehead atoms. The molecule has 6 nitrogen and oxygen atoms in total. The standard InChI is InChI=1S/C27H34F2O4.C4H6O2/c1-4-5-6-7-22-14-15-23(26(29)25(22)28)13-10-20-8-11-21(12-9-20)24(17-32-3)18-33-27(31)19(2)16-30;1-4(2-5)3-6/h8-9,11-12,14-15,24,30H,2,4-7,10,13,16-18H2,1,3H3;2,6H,1,3H2. The summed E-state index contributed by atoms with van der Waals surface area (Å²) < 4.78 is 39.3. The highest BCUT2D eigenvalue weighted by Gasteiger charge is 2.17. The van der Waals surface area contributed by atoms with Crippen molar-refractivity contribution in [3.05, 3.63) is 94.6 Å². The van der Waals surface area contributed by atoms with Crippen molar-refractivity contribution >= 4 is 12.3 Å². The minimum Gasteiger partial charge on any atom is -0.462 e. The normalized spacial score (nSPS) is 11.2. The van der Waals surface area contributed by atoms with Crippen molar-refractivity contribution in [3.63, 3.8) is 0 Å². The van der Waals surface area contributed by atoms with Crippen LogP contribution in [0.15, 0.2) is 60.7 Å². The van der Waals surface area contributed by atoms with Gasteiger partial charge in [-0.15, -0.1) is 0 Å². The highest BCUT2D eigenvalue weighted by Crippen LogP contribution is 2.22. The van der Waals surface area contributed by atoms with E-state index in [0.29, 0.717) is 43.3 Å². The van der Waals surface area contributed by atoms with E-state index in [2.05, 4.69) is 20.1 Å². The number of benzene rings is 2. The Kier molecular flexibility index (Phi) is 16.4. The average Bonchev–Trinajstić information content (AvgIpc) is 2.96. The van der Waals surface area contributed by atoms with Crippen LogP contribution in [0.2, 0.25) is 0 Å². The zero-order chi connectivity index (χ0) is 29.2. The summed E-state index contributed by atoms with van der Waals surface area (Å²) in [5, 5.41) is 17.0. The molecule has 1 atom stereocenters. The maximum absolute atomic E-state index is 14.5. The number of rotatable bonds is 16. The Hall–Kier alpha value is -3.20. The molecule has 0 spiro atoms. The van der Waals surface area contributed by atoms with Crippen molar-refractivity contribution in [2.45, 2.75) is 51.4 Å². The first kappa shape index (κ1) is 33.8. The number of unbranched alkanes of at least 4 members (excludes halogenated alkanes) is 2. The predicted molar refractivity (Wildman–Crippen MR) is 148 cm³/mol. The van der Waals surface area contributed by atoms with Crippen molar-refractivity contribution in [2.24, 2.45) is 0 Å². The smallest absolute Gasteiger partial charge is 0.335 e. The van der Waals surface area contributed by atoms with Crippen LogP contribution in [0.5, 0.6) is 0 Å². The Morgan fingerprint density at radius 1 is 0.923 bits per heavy atom. The Morgan fingerprint density at radius 3 is 2.03 bits per heavy atom. The lowest BCUT2D eigenvalue weighted by Gasteiger charge is -2.17. The highest BCUT2D eigenvalue weighted by molar-refractivity contribution is 5.87. The summed E-state index contributed by atoms with van der Waals surface area (Å²) in [6, 6.07) is 11.1. The fourth-order valence-corrected chi connectivity index (χ4v) is 3.64. The van der Waals surface area contributed by atoms with E-state index in [-0.39, 0.29) is 30.3 Å². The third kappa shape index (κ3) is 12.0. The van der Waals surface area contributed by atoms with E-state index in [1.807, 2.05) is 24.3 Å². The summed E-state index contributed by atoms with van der Waals surface area (Å²) in [7, 11) is 1.57. The topological polar surface area (TPSA) is 93.1 Å². The van der Waals surface area contributed by atoms with Crippen LogP contribution in [0, 0.1) is 11.6 Å². The minimum absolute atomic E-state index is 0.000763. The molecule has 214 valence electrons. The highest BCUT2D eigenvalue weighted by atomic mass is 19.2. The van der Waals surface area contributed by atoms with Gasteiger partial charge in [0, 0.05) is 18.6 Å². The lowest BCUT2D eigenvalue weighted by molar-refractivity contribution is -0.140. The fourth-order valence-electron chi connectivity index (χ4n) is 3.64. The first-order valence-corrected chi connectivity index (χ1v) is 12.9. The third-order valence-corrected chi connectivity index (χ3v) is 6.06. The Labute approximate surface area is 230 Å². The number of ether oxygens (including phenoxy) is 2. The molecular formula is C31H40F2O6. The first-order valence-electron chi connectivity index (χ1n) is 12.9. The Balaban J connectivity index is 0.00000113. The van der Waals surface area contributed by atoms with Gasteiger partial charge >= 0.3 is 5.97 Å². The number of carbonyl (C=O) groups excluding carboxylic acids is 2.